The lowest BCUT2D eigenvalue weighted by atomic mass is 9.98. The maximum atomic E-state index is 13.2. The van der Waals surface area contributed by atoms with Crippen molar-refractivity contribution in [3.63, 3.8) is 0 Å². The number of rotatable bonds is 4. The smallest absolute Gasteiger partial charge is 0.272 e. The summed E-state index contributed by atoms with van der Waals surface area (Å²) in [6, 6.07) is 7.91. The average Bonchev–Trinajstić information content (AvgIpc) is 3.30. The Morgan fingerprint density at radius 1 is 1.18 bits per heavy atom. The van der Waals surface area contributed by atoms with Crippen LogP contribution in [0.5, 0.6) is 0 Å². The minimum Gasteiger partial charge on any atom is -0.345 e. The molecule has 7 nitrogen and oxygen atoms in total. The second-order valence-corrected chi connectivity index (χ2v) is 8.20. The maximum Gasteiger partial charge on any atom is 0.272 e. The van der Waals surface area contributed by atoms with E-state index in [1.807, 2.05) is 31.2 Å². The average molecular weight is 374 g/mol. The molecule has 28 heavy (non-hydrogen) atoms. The first-order chi connectivity index (χ1) is 13.4. The van der Waals surface area contributed by atoms with Gasteiger partial charge in [0.2, 0.25) is 0 Å². The Kier molecular flexibility index (Phi) is 3.56. The third kappa shape index (κ3) is 2.74. The number of carbonyl (C=O) groups excluding carboxylic acids is 1. The van der Waals surface area contributed by atoms with Crippen LogP contribution in [-0.4, -0.2) is 36.6 Å². The molecule has 0 radical (unpaired) electrons. The number of nitrogens with one attached hydrogen (secondary N) is 3. The molecule has 0 atom stereocenters. The number of hydrogen-bond donors (Lipinski definition) is 3. The highest BCUT2D eigenvalue weighted by Crippen LogP contribution is 2.39. The van der Waals surface area contributed by atoms with Gasteiger partial charge in [0.05, 0.1) is 5.52 Å². The molecule has 1 fully saturated rings. The van der Waals surface area contributed by atoms with E-state index in [0.717, 1.165) is 29.3 Å². The maximum absolute atomic E-state index is 13.2. The number of hydrogen-bond acceptors (Lipinski definition) is 4. The first-order valence-electron chi connectivity index (χ1n) is 9.55. The van der Waals surface area contributed by atoms with Crippen LogP contribution in [0.15, 0.2) is 30.5 Å². The van der Waals surface area contributed by atoms with Crippen molar-refractivity contribution < 1.29 is 4.79 Å². The van der Waals surface area contributed by atoms with Crippen LogP contribution >= 0.6 is 0 Å². The molecule has 0 unspecified atom stereocenters. The minimum absolute atomic E-state index is 0.223. The molecule has 1 saturated carbocycles. The van der Waals surface area contributed by atoms with Crippen molar-refractivity contribution in [2.75, 3.05) is 0 Å². The molecule has 142 valence electrons. The highest BCUT2D eigenvalue weighted by atomic mass is 16.2. The summed E-state index contributed by atoms with van der Waals surface area (Å²) in [5, 5.41) is 11.6. The van der Waals surface area contributed by atoms with Crippen LogP contribution < -0.4 is 5.32 Å². The Labute approximate surface area is 162 Å². The zero-order valence-corrected chi connectivity index (χ0v) is 16.1. The van der Waals surface area contributed by atoms with Gasteiger partial charge in [0, 0.05) is 17.1 Å². The molecular weight excluding hydrogens is 352 g/mol. The van der Waals surface area contributed by atoms with E-state index in [-0.39, 0.29) is 17.1 Å². The number of aromatic nitrogens is 5. The van der Waals surface area contributed by atoms with Crippen LogP contribution in [0.25, 0.3) is 33.5 Å². The fraction of sp³-hybridized carbons (Fsp3) is 0.333. The molecule has 3 N–H and O–H groups in total. The number of amides is 1. The number of aromatic amines is 2. The Hall–Kier alpha value is -3.22. The van der Waals surface area contributed by atoms with Crippen molar-refractivity contribution in [3.05, 3.63) is 41.7 Å². The van der Waals surface area contributed by atoms with Crippen molar-refractivity contribution in [1.29, 1.82) is 0 Å². The molecule has 0 bridgehead atoms. The van der Waals surface area contributed by atoms with Gasteiger partial charge in [-0.15, -0.1) is 0 Å². The van der Waals surface area contributed by atoms with Gasteiger partial charge < -0.3 is 10.3 Å². The zero-order chi connectivity index (χ0) is 19.5. The molecule has 1 amide bonds. The summed E-state index contributed by atoms with van der Waals surface area (Å²) in [4.78, 5) is 25.6. The van der Waals surface area contributed by atoms with E-state index in [1.165, 1.54) is 0 Å². The lowest BCUT2D eigenvalue weighted by Crippen LogP contribution is -2.45. The van der Waals surface area contributed by atoms with Gasteiger partial charge in [-0.05, 0) is 57.2 Å². The van der Waals surface area contributed by atoms with Gasteiger partial charge >= 0.3 is 0 Å². The first-order valence-corrected chi connectivity index (χ1v) is 9.55. The van der Waals surface area contributed by atoms with Gasteiger partial charge in [-0.25, -0.2) is 9.97 Å². The summed E-state index contributed by atoms with van der Waals surface area (Å²) in [5.74, 6) is 0.287. The van der Waals surface area contributed by atoms with Crippen LogP contribution in [0.2, 0.25) is 0 Å². The van der Waals surface area contributed by atoms with E-state index in [2.05, 4.69) is 39.3 Å². The Balaban J connectivity index is 1.66. The lowest BCUT2D eigenvalue weighted by molar-refractivity contribution is 0.0899. The fourth-order valence-corrected chi connectivity index (χ4v) is 3.77. The Bertz CT molecular complexity index is 1210. The predicted molar refractivity (Wildman–Crippen MR) is 108 cm³/mol. The molecule has 7 heteroatoms. The van der Waals surface area contributed by atoms with Crippen LogP contribution in [-0.2, 0) is 0 Å². The van der Waals surface area contributed by atoms with Crippen LogP contribution in [0.1, 0.15) is 42.7 Å². The molecule has 1 aromatic carbocycles. The van der Waals surface area contributed by atoms with E-state index in [1.54, 1.807) is 6.20 Å². The molecule has 1 aliphatic rings. The molecule has 0 spiro atoms. The van der Waals surface area contributed by atoms with E-state index in [9.17, 15) is 4.79 Å². The molecule has 1 aliphatic carbocycles. The predicted octanol–water partition coefficient (Wildman–Crippen LogP) is 3.73. The molecule has 3 aromatic heterocycles. The number of nitrogens with zero attached hydrogens (tertiary/aromatic N) is 3. The SMILES string of the molecule is Cc1ccc2c(-c3nc4cc[nH]c4nc3C(=O)NC(C)(C)C3CC3)n[nH]c2c1. The zero-order valence-electron chi connectivity index (χ0n) is 16.1. The van der Waals surface area contributed by atoms with Crippen molar-refractivity contribution in [2.24, 2.45) is 5.92 Å². The van der Waals surface area contributed by atoms with Crippen molar-refractivity contribution in [3.8, 4) is 11.4 Å². The van der Waals surface area contributed by atoms with Crippen LogP contribution in [0.4, 0.5) is 0 Å². The molecule has 0 saturated heterocycles. The van der Waals surface area contributed by atoms with Crippen molar-refractivity contribution >= 4 is 28.0 Å². The summed E-state index contributed by atoms with van der Waals surface area (Å²) < 4.78 is 0. The topological polar surface area (TPSA) is 99.3 Å². The molecular formula is C21H22N6O. The lowest BCUT2D eigenvalue weighted by Gasteiger charge is -2.26. The van der Waals surface area contributed by atoms with Gasteiger partial charge in [0.1, 0.15) is 16.9 Å². The Morgan fingerprint density at radius 2 is 2.00 bits per heavy atom. The van der Waals surface area contributed by atoms with Gasteiger partial charge in [-0.1, -0.05) is 12.1 Å². The number of benzene rings is 1. The number of fused-ring (bicyclic) bond motifs is 2. The second-order valence-electron chi connectivity index (χ2n) is 8.20. The van der Waals surface area contributed by atoms with Crippen molar-refractivity contribution in [1.82, 2.24) is 30.5 Å². The highest BCUT2D eigenvalue weighted by molar-refractivity contribution is 6.03. The summed E-state index contributed by atoms with van der Waals surface area (Å²) in [5.41, 5.74) is 4.49. The monoisotopic (exact) mass is 374 g/mol. The van der Waals surface area contributed by atoms with Gasteiger partial charge in [-0.3, -0.25) is 9.89 Å². The third-order valence-electron chi connectivity index (χ3n) is 5.58. The van der Waals surface area contributed by atoms with Gasteiger partial charge in [0.15, 0.2) is 11.3 Å². The standard InChI is InChI=1S/C21H22N6O/c1-11-4-7-13-15(10-11)26-27-16(13)17-18(24-19-14(23-17)8-9-22-19)20(28)25-21(2,3)12-5-6-12/h4,7-10,12H,5-6H2,1-3H3,(H,22,24)(H,25,28)(H,26,27). The second kappa shape index (κ2) is 5.89. The minimum atomic E-state index is -0.272. The normalized spacial score (nSPS) is 14.7. The third-order valence-corrected chi connectivity index (χ3v) is 5.58. The summed E-state index contributed by atoms with van der Waals surface area (Å²) in [6.45, 7) is 6.16. The summed E-state index contributed by atoms with van der Waals surface area (Å²) in [7, 11) is 0. The van der Waals surface area contributed by atoms with Crippen LogP contribution in [0.3, 0.4) is 0 Å². The Morgan fingerprint density at radius 3 is 2.79 bits per heavy atom. The fourth-order valence-electron chi connectivity index (χ4n) is 3.77. The molecule has 0 aliphatic heterocycles. The van der Waals surface area contributed by atoms with Gasteiger partial charge in [0.25, 0.3) is 5.91 Å². The van der Waals surface area contributed by atoms with E-state index >= 15 is 0 Å². The molecule has 3 heterocycles. The van der Waals surface area contributed by atoms with E-state index < -0.39 is 0 Å². The number of aryl methyl sites for hydroxylation is 1. The van der Waals surface area contributed by atoms with Crippen LogP contribution in [0, 0.1) is 12.8 Å². The quantitative estimate of drug-likeness (QED) is 0.507. The molecule has 5 rings (SSSR count). The number of H-pyrrole nitrogens is 2. The summed E-state index contributed by atoms with van der Waals surface area (Å²) >= 11 is 0. The first kappa shape index (κ1) is 16.9. The summed E-state index contributed by atoms with van der Waals surface area (Å²) in [6.07, 6.45) is 4.06. The number of carbonyl (C=O) groups is 1. The molecule has 4 aromatic rings. The highest BCUT2D eigenvalue weighted by Gasteiger charge is 2.39. The van der Waals surface area contributed by atoms with E-state index in [4.69, 9.17) is 4.98 Å². The largest absolute Gasteiger partial charge is 0.345 e. The van der Waals surface area contributed by atoms with Gasteiger partial charge in [-0.2, -0.15) is 5.10 Å². The van der Waals surface area contributed by atoms with E-state index in [0.29, 0.717) is 28.5 Å². The van der Waals surface area contributed by atoms with Crippen molar-refractivity contribution in [2.45, 2.75) is 39.2 Å².